The summed E-state index contributed by atoms with van der Waals surface area (Å²) < 4.78 is 19.3. The summed E-state index contributed by atoms with van der Waals surface area (Å²) in [5, 5.41) is 0. The van der Waals surface area contributed by atoms with Gasteiger partial charge < -0.3 is 14.5 Å². The molecule has 0 radical (unpaired) electrons. The molecule has 5 heteroatoms. The first kappa shape index (κ1) is 18.4. The number of carbonyl (C=O) groups excluding carboxylic acids is 1. The van der Waals surface area contributed by atoms with Gasteiger partial charge in [0.25, 0.3) is 0 Å². The van der Waals surface area contributed by atoms with E-state index in [4.69, 9.17) is 4.74 Å². The Morgan fingerprint density at radius 1 is 1.15 bits per heavy atom. The van der Waals surface area contributed by atoms with Crippen LogP contribution in [-0.2, 0) is 17.8 Å². The van der Waals surface area contributed by atoms with Gasteiger partial charge in [0.2, 0.25) is 5.91 Å². The van der Waals surface area contributed by atoms with Gasteiger partial charge in [-0.15, -0.1) is 0 Å². The standard InChI is InChI=1S/C21H25FN2O2/c1-23(2)10-11-24(14-16-6-5-8-19(22)12-16)21(25)18-13-17-7-3-4-9-20(17)26-15-18/h3-9,12,18H,10-11,13-15H2,1-2H3. The Bertz CT molecular complexity index is 763. The summed E-state index contributed by atoms with van der Waals surface area (Å²) >= 11 is 0. The number of halogens is 1. The number of nitrogens with zero attached hydrogens (tertiary/aromatic N) is 2. The topological polar surface area (TPSA) is 32.8 Å². The maximum atomic E-state index is 13.5. The van der Waals surface area contributed by atoms with E-state index in [0.717, 1.165) is 23.4 Å². The number of hydrogen-bond acceptors (Lipinski definition) is 3. The Morgan fingerprint density at radius 2 is 1.96 bits per heavy atom. The lowest BCUT2D eigenvalue weighted by molar-refractivity contribution is -0.137. The first-order valence-corrected chi connectivity index (χ1v) is 8.91. The predicted octanol–water partition coefficient (Wildman–Crippen LogP) is 2.97. The highest BCUT2D eigenvalue weighted by atomic mass is 19.1. The van der Waals surface area contributed by atoms with Crippen LogP contribution in [0.4, 0.5) is 4.39 Å². The van der Waals surface area contributed by atoms with E-state index in [1.807, 2.05) is 54.2 Å². The number of benzene rings is 2. The zero-order valence-electron chi connectivity index (χ0n) is 15.3. The number of likely N-dealkylation sites (N-methyl/N-ethyl adjacent to an activating group) is 1. The van der Waals surface area contributed by atoms with Crippen molar-refractivity contribution >= 4 is 5.91 Å². The summed E-state index contributed by atoms with van der Waals surface area (Å²) in [4.78, 5) is 17.0. The van der Waals surface area contributed by atoms with Crippen LogP contribution in [0.5, 0.6) is 5.75 Å². The molecule has 0 aliphatic carbocycles. The summed E-state index contributed by atoms with van der Waals surface area (Å²) in [6, 6.07) is 14.3. The Morgan fingerprint density at radius 3 is 2.73 bits per heavy atom. The zero-order valence-corrected chi connectivity index (χ0v) is 15.3. The van der Waals surface area contributed by atoms with Gasteiger partial charge >= 0.3 is 0 Å². The average Bonchev–Trinajstić information content (AvgIpc) is 2.64. The van der Waals surface area contributed by atoms with Crippen molar-refractivity contribution in [1.29, 1.82) is 0 Å². The second-order valence-electron chi connectivity index (χ2n) is 7.01. The predicted molar refractivity (Wildman–Crippen MR) is 99.5 cm³/mol. The molecule has 4 nitrogen and oxygen atoms in total. The minimum atomic E-state index is -0.280. The summed E-state index contributed by atoms with van der Waals surface area (Å²) in [5.74, 6) is 0.435. The molecule has 1 unspecified atom stereocenters. The molecule has 1 heterocycles. The first-order valence-electron chi connectivity index (χ1n) is 8.91. The molecule has 1 aliphatic heterocycles. The summed E-state index contributed by atoms with van der Waals surface area (Å²) in [7, 11) is 3.95. The van der Waals surface area contributed by atoms with Crippen LogP contribution in [0.1, 0.15) is 11.1 Å². The van der Waals surface area contributed by atoms with Gasteiger partial charge in [0, 0.05) is 19.6 Å². The number of ether oxygens (including phenoxy) is 1. The minimum Gasteiger partial charge on any atom is -0.492 e. The molecule has 0 aromatic heterocycles. The van der Waals surface area contributed by atoms with E-state index in [1.54, 1.807) is 6.07 Å². The van der Waals surface area contributed by atoms with Gasteiger partial charge in [-0.05, 0) is 49.8 Å². The van der Waals surface area contributed by atoms with Gasteiger partial charge in [-0.25, -0.2) is 4.39 Å². The second-order valence-corrected chi connectivity index (χ2v) is 7.01. The molecular weight excluding hydrogens is 331 g/mol. The summed E-state index contributed by atoms with van der Waals surface area (Å²) in [6.45, 7) is 2.14. The number of amides is 1. The highest BCUT2D eigenvalue weighted by molar-refractivity contribution is 5.79. The molecule has 1 atom stereocenters. The molecule has 3 rings (SSSR count). The van der Waals surface area contributed by atoms with E-state index < -0.39 is 0 Å². The van der Waals surface area contributed by atoms with Gasteiger partial charge in [0.1, 0.15) is 18.2 Å². The second kappa shape index (κ2) is 8.32. The van der Waals surface area contributed by atoms with E-state index in [2.05, 4.69) is 0 Å². The molecule has 0 spiro atoms. The van der Waals surface area contributed by atoms with Gasteiger partial charge in [-0.1, -0.05) is 30.3 Å². The van der Waals surface area contributed by atoms with Gasteiger partial charge in [0.05, 0.1) is 5.92 Å². The number of para-hydroxylation sites is 1. The van der Waals surface area contributed by atoms with Crippen molar-refractivity contribution in [3.63, 3.8) is 0 Å². The zero-order chi connectivity index (χ0) is 18.5. The number of carbonyl (C=O) groups is 1. The first-order chi connectivity index (χ1) is 12.5. The van der Waals surface area contributed by atoms with Crippen molar-refractivity contribution in [3.05, 3.63) is 65.5 Å². The maximum absolute atomic E-state index is 13.5. The third-order valence-corrected chi connectivity index (χ3v) is 4.62. The smallest absolute Gasteiger partial charge is 0.229 e. The highest BCUT2D eigenvalue weighted by Crippen LogP contribution is 2.28. The van der Waals surface area contributed by atoms with Crippen molar-refractivity contribution in [2.45, 2.75) is 13.0 Å². The monoisotopic (exact) mass is 356 g/mol. The molecule has 0 saturated carbocycles. The largest absolute Gasteiger partial charge is 0.492 e. The SMILES string of the molecule is CN(C)CCN(Cc1cccc(F)c1)C(=O)C1COc2ccccc2C1. The molecule has 1 aliphatic rings. The van der Waals surface area contributed by atoms with Crippen LogP contribution in [0.2, 0.25) is 0 Å². The number of rotatable bonds is 6. The Hall–Kier alpha value is -2.40. The molecule has 138 valence electrons. The lowest BCUT2D eigenvalue weighted by Gasteiger charge is -2.31. The van der Waals surface area contributed by atoms with Crippen LogP contribution in [0.25, 0.3) is 0 Å². The van der Waals surface area contributed by atoms with E-state index in [9.17, 15) is 9.18 Å². The van der Waals surface area contributed by atoms with Crippen LogP contribution in [0.3, 0.4) is 0 Å². The third kappa shape index (κ3) is 4.61. The summed E-state index contributed by atoms with van der Waals surface area (Å²) in [6.07, 6.45) is 0.677. The molecule has 0 N–H and O–H groups in total. The highest BCUT2D eigenvalue weighted by Gasteiger charge is 2.29. The molecule has 0 fully saturated rings. The quantitative estimate of drug-likeness (QED) is 0.798. The average molecular weight is 356 g/mol. The van der Waals surface area contributed by atoms with Crippen LogP contribution >= 0.6 is 0 Å². The third-order valence-electron chi connectivity index (χ3n) is 4.62. The fourth-order valence-electron chi connectivity index (χ4n) is 3.19. The van der Waals surface area contributed by atoms with E-state index in [-0.39, 0.29) is 17.6 Å². The molecule has 0 bridgehead atoms. The number of fused-ring (bicyclic) bond motifs is 1. The van der Waals surface area contributed by atoms with Crippen LogP contribution < -0.4 is 4.74 Å². The van der Waals surface area contributed by atoms with Gasteiger partial charge in [-0.2, -0.15) is 0 Å². The maximum Gasteiger partial charge on any atom is 0.229 e. The minimum absolute atomic E-state index is 0.0608. The van der Waals surface area contributed by atoms with Gasteiger partial charge in [0.15, 0.2) is 0 Å². The van der Waals surface area contributed by atoms with Gasteiger partial charge in [-0.3, -0.25) is 4.79 Å². The summed E-state index contributed by atoms with van der Waals surface area (Å²) in [5.41, 5.74) is 1.87. The van der Waals surface area contributed by atoms with E-state index in [1.165, 1.54) is 12.1 Å². The lowest BCUT2D eigenvalue weighted by Crippen LogP contribution is -2.43. The molecule has 26 heavy (non-hydrogen) atoms. The van der Waals surface area contributed by atoms with Crippen molar-refractivity contribution < 1.29 is 13.9 Å². The normalized spacial score (nSPS) is 16.1. The fraction of sp³-hybridized carbons (Fsp3) is 0.381. The fourth-order valence-corrected chi connectivity index (χ4v) is 3.19. The molecule has 1 amide bonds. The molecule has 0 saturated heterocycles. The van der Waals surface area contributed by atoms with Crippen molar-refractivity contribution in [2.75, 3.05) is 33.8 Å². The number of hydrogen-bond donors (Lipinski definition) is 0. The van der Waals surface area contributed by atoms with Crippen molar-refractivity contribution in [3.8, 4) is 5.75 Å². The Kier molecular flexibility index (Phi) is 5.89. The van der Waals surface area contributed by atoms with Crippen molar-refractivity contribution in [2.24, 2.45) is 5.92 Å². The van der Waals surface area contributed by atoms with Crippen LogP contribution in [-0.4, -0.2) is 49.5 Å². The van der Waals surface area contributed by atoms with Crippen LogP contribution in [0, 0.1) is 11.7 Å². The van der Waals surface area contributed by atoms with Crippen LogP contribution in [0.15, 0.2) is 48.5 Å². The molecule has 2 aromatic carbocycles. The lowest BCUT2D eigenvalue weighted by atomic mass is 9.95. The Balaban J connectivity index is 1.74. The Labute approximate surface area is 154 Å². The molecule has 2 aromatic rings. The van der Waals surface area contributed by atoms with Crippen molar-refractivity contribution in [1.82, 2.24) is 9.80 Å². The molecular formula is C21H25FN2O2. The van der Waals surface area contributed by atoms with E-state index in [0.29, 0.717) is 26.1 Å². The van der Waals surface area contributed by atoms with E-state index >= 15 is 0 Å².